The molecule has 9 rings (SSSR count). The molecular weight excluding hydrogens is 945 g/mol. The molecule has 4 amide bonds. The van der Waals surface area contributed by atoms with Gasteiger partial charge in [-0.15, -0.1) is 6.58 Å². The number of benzene rings is 5. The topological polar surface area (TPSA) is 222 Å². The van der Waals surface area contributed by atoms with Crippen LogP contribution in [0.25, 0.3) is 21.5 Å². The van der Waals surface area contributed by atoms with Crippen molar-refractivity contribution >= 4 is 74.2 Å². The molecule has 0 aromatic heterocycles. The lowest BCUT2D eigenvalue weighted by atomic mass is 9.43. The van der Waals surface area contributed by atoms with Gasteiger partial charge in [0.1, 0.15) is 18.3 Å². The van der Waals surface area contributed by atoms with Crippen LogP contribution in [0.2, 0.25) is 0 Å². The number of ether oxygens (including phenoxy) is 3. The van der Waals surface area contributed by atoms with Crippen LogP contribution in [0.1, 0.15) is 78.6 Å². The third-order valence-corrected chi connectivity index (χ3v) is 17.4. The number of amides is 4. The van der Waals surface area contributed by atoms with Gasteiger partial charge in [-0.05, 0) is 132 Å². The van der Waals surface area contributed by atoms with E-state index in [1.165, 1.54) is 0 Å². The summed E-state index contributed by atoms with van der Waals surface area (Å²) in [4.78, 5) is 78.7. The van der Waals surface area contributed by atoms with Crippen LogP contribution >= 0.6 is 0 Å². The maximum atomic E-state index is 14.4. The summed E-state index contributed by atoms with van der Waals surface area (Å²) in [6, 6.07) is 30.1. The molecule has 3 N–H and O–H groups in total. The van der Waals surface area contributed by atoms with Crippen molar-refractivity contribution in [3.8, 4) is 0 Å². The minimum absolute atomic E-state index is 0.0323. The highest BCUT2D eigenvalue weighted by Gasteiger charge is 2.68. The summed E-state index contributed by atoms with van der Waals surface area (Å²) < 4.78 is 19.4. The highest BCUT2D eigenvalue weighted by atomic mass is 16.6. The molecular formula is C57H64N6O11. The van der Waals surface area contributed by atoms with Crippen molar-refractivity contribution < 1.29 is 43.2 Å². The first-order valence-corrected chi connectivity index (χ1v) is 25.6. The van der Waals surface area contributed by atoms with Crippen LogP contribution in [0.15, 0.2) is 116 Å². The molecule has 17 heteroatoms. The van der Waals surface area contributed by atoms with E-state index in [4.69, 9.17) is 14.2 Å². The second-order valence-electron chi connectivity index (χ2n) is 21.5. The highest BCUT2D eigenvalue weighted by Crippen LogP contribution is 2.69. The molecule has 0 aliphatic heterocycles. The zero-order valence-electron chi connectivity index (χ0n) is 42.2. The first-order chi connectivity index (χ1) is 35.4. The average molecular weight is 1010 g/mol. The number of nitro benzene ring substituents is 2. The molecule has 74 heavy (non-hydrogen) atoms. The Hall–Kier alpha value is -7.56. The lowest BCUT2D eigenvalue weighted by Gasteiger charge is -2.64. The zero-order chi connectivity index (χ0) is 52.5. The van der Waals surface area contributed by atoms with E-state index in [-0.39, 0.29) is 52.5 Å². The molecule has 1 unspecified atom stereocenters. The Labute approximate surface area is 429 Å². The minimum atomic E-state index is -0.913. The van der Waals surface area contributed by atoms with Gasteiger partial charge in [0.05, 0.1) is 21.6 Å². The number of non-ortho nitro benzene ring substituents is 2. The Kier molecular flexibility index (Phi) is 14.7. The van der Waals surface area contributed by atoms with Crippen LogP contribution in [0.5, 0.6) is 0 Å². The van der Waals surface area contributed by atoms with E-state index in [0.717, 1.165) is 52.6 Å². The summed E-state index contributed by atoms with van der Waals surface area (Å²) in [6.07, 6.45) is 2.91. The molecule has 388 valence electrons. The molecule has 11 atom stereocenters. The van der Waals surface area contributed by atoms with E-state index in [1.807, 2.05) is 84.9 Å². The van der Waals surface area contributed by atoms with Crippen molar-refractivity contribution in [2.75, 3.05) is 29.5 Å². The summed E-state index contributed by atoms with van der Waals surface area (Å²) in [7, 11) is 1.78. The summed E-state index contributed by atoms with van der Waals surface area (Å²) in [5.74, 6) is -0.288. The second kappa shape index (κ2) is 21.1. The Bertz CT molecular complexity index is 2970. The van der Waals surface area contributed by atoms with Gasteiger partial charge in [-0.2, -0.15) is 0 Å². The quantitative estimate of drug-likeness (QED) is 0.0411. The number of hydrogen-bond donors (Lipinski definition) is 3. The number of nitrogens with zero attached hydrogens (tertiary/aromatic N) is 3. The van der Waals surface area contributed by atoms with Gasteiger partial charge >= 0.3 is 18.3 Å². The van der Waals surface area contributed by atoms with E-state index in [9.17, 15) is 39.4 Å². The van der Waals surface area contributed by atoms with Gasteiger partial charge in [0, 0.05) is 54.9 Å². The largest absolute Gasteiger partial charge is 0.446 e. The van der Waals surface area contributed by atoms with Crippen LogP contribution < -0.4 is 16.0 Å². The molecule has 0 radical (unpaired) electrons. The van der Waals surface area contributed by atoms with Crippen molar-refractivity contribution in [1.29, 1.82) is 0 Å². The molecule has 0 bridgehead atoms. The van der Waals surface area contributed by atoms with E-state index >= 15 is 0 Å². The number of nitro groups is 2. The first kappa shape index (κ1) is 51.3. The van der Waals surface area contributed by atoms with Gasteiger partial charge in [-0.3, -0.25) is 41.0 Å². The van der Waals surface area contributed by atoms with Crippen LogP contribution in [0.4, 0.5) is 42.8 Å². The van der Waals surface area contributed by atoms with Crippen LogP contribution in [-0.4, -0.2) is 70.8 Å². The molecule has 0 heterocycles. The van der Waals surface area contributed by atoms with E-state index in [2.05, 4.69) is 43.3 Å². The van der Waals surface area contributed by atoms with Crippen molar-refractivity contribution in [2.45, 2.75) is 96.9 Å². The maximum absolute atomic E-state index is 14.4. The normalized spacial score (nSPS) is 27.2. The highest BCUT2D eigenvalue weighted by molar-refractivity contribution is 5.92. The van der Waals surface area contributed by atoms with Crippen molar-refractivity contribution in [3.63, 3.8) is 0 Å². The second-order valence-corrected chi connectivity index (χ2v) is 21.5. The van der Waals surface area contributed by atoms with Crippen molar-refractivity contribution in [2.24, 2.45) is 46.3 Å². The van der Waals surface area contributed by atoms with Gasteiger partial charge in [0.25, 0.3) is 11.4 Å². The SMILES string of the molecule is C=CCN(C)C(=O)CC[C@@H](C)[C@H]1CC[C@H]2[C@@H]3[C@H](OC(=O)Nc4ccc5ccccc5c4)CC4C[C@H](OC(=O)Nc5cc([N+](=O)[O-])cc([N+](=O)[O-])c5)CC[C@]4(C)[C@H]3C[C@H](OC(=O)Nc3ccc4ccccc4c3)[C@]12C. The maximum Gasteiger partial charge on any atom is 0.411 e. The number of carbonyl (C=O) groups excluding carboxylic acids is 4. The van der Waals surface area contributed by atoms with Gasteiger partial charge in [-0.1, -0.05) is 87.5 Å². The molecule has 4 saturated carbocycles. The minimum Gasteiger partial charge on any atom is -0.446 e. The van der Waals surface area contributed by atoms with Crippen LogP contribution in [-0.2, 0) is 19.0 Å². The number of nitrogens with one attached hydrogen (secondary N) is 3. The Morgan fingerprint density at radius 1 is 0.716 bits per heavy atom. The van der Waals surface area contributed by atoms with E-state index in [1.54, 1.807) is 18.0 Å². The fourth-order valence-corrected chi connectivity index (χ4v) is 13.8. The third-order valence-electron chi connectivity index (χ3n) is 17.4. The molecule has 5 aromatic carbocycles. The monoisotopic (exact) mass is 1010 g/mol. The number of anilines is 3. The Balaban J connectivity index is 1.02. The lowest BCUT2D eigenvalue weighted by molar-refractivity contribution is -0.394. The van der Waals surface area contributed by atoms with Crippen molar-refractivity contribution in [1.82, 2.24) is 4.90 Å². The van der Waals surface area contributed by atoms with Crippen LogP contribution in [0.3, 0.4) is 0 Å². The molecule has 0 spiro atoms. The summed E-state index contributed by atoms with van der Waals surface area (Å²) in [5, 5.41) is 35.7. The Morgan fingerprint density at radius 3 is 1.88 bits per heavy atom. The van der Waals surface area contributed by atoms with Crippen molar-refractivity contribution in [3.05, 3.63) is 136 Å². The van der Waals surface area contributed by atoms with Gasteiger partial charge < -0.3 is 19.1 Å². The van der Waals surface area contributed by atoms with Gasteiger partial charge in [0.15, 0.2) is 0 Å². The molecule has 0 saturated heterocycles. The Morgan fingerprint density at radius 2 is 1.28 bits per heavy atom. The number of rotatable bonds is 14. The smallest absolute Gasteiger partial charge is 0.411 e. The predicted octanol–water partition coefficient (Wildman–Crippen LogP) is 12.9. The zero-order valence-corrected chi connectivity index (χ0v) is 42.2. The molecule has 4 aliphatic rings. The van der Waals surface area contributed by atoms with Crippen LogP contribution in [0, 0.1) is 66.6 Å². The summed E-state index contributed by atoms with van der Waals surface area (Å²) in [6.45, 7) is 10.9. The standard InChI is InChI=1S/C57H64N6O11/c1-6-25-61(5)51(64)22-15-34(2)46-20-21-47-52-48(33-50(57(46,47)4)74-55(67)59-41-19-17-36-12-8-10-14-38(36)27-41)56(3)24-23-45(72-53(65)60-42-30-43(62(68)69)32-44(31-42)63(70)71)28-39(56)29-49(52)73-54(66)58-40-18-16-35-11-7-9-13-37(35)26-40/h6-14,16-19,26-27,30-32,34,39,45-50,52H,1,15,20-25,28-29,33H2,2-5H3,(H,58,66)(H,59,67)(H,60,65)/t34-,39?,45-,46-,47+,48+,49-,50+,52+,56+,57-/m1/s1. The molecule has 4 fully saturated rings. The van der Waals surface area contributed by atoms with E-state index < -0.39 is 63.2 Å². The number of fused-ring (bicyclic) bond motifs is 7. The fourth-order valence-electron chi connectivity index (χ4n) is 13.8. The summed E-state index contributed by atoms with van der Waals surface area (Å²) in [5.41, 5.74) is -1.06. The summed E-state index contributed by atoms with van der Waals surface area (Å²) >= 11 is 0. The number of hydrogen-bond acceptors (Lipinski definition) is 11. The number of carbonyl (C=O) groups is 4. The first-order valence-electron chi connectivity index (χ1n) is 25.6. The molecule has 17 nitrogen and oxygen atoms in total. The third kappa shape index (κ3) is 10.5. The predicted molar refractivity (Wildman–Crippen MR) is 282 cm³/mol. The number of likely N-dealkylation sites (N-methyl/N-ethyl adjacent to an activating group) is 1. The average Bonchev–Trinajstić information content (AvgIpc) is 3.77. The van der Waals surface area contributed by atoms with Gasteiger partial charge in [-0.25, -0.2) is 14.4 Å². The fraction of sp³-hybridized carbons (Fsp3) is 0.439. The molecule has 5 aromatic rings. The van der Waals surface area contributed by atoms with Gasteiger partial charge in [0.2, 0.25) is 5.91 Å². The van der Waals surface area contributed by atoms with E-state index in [0.29, 0.717) is 62.9 Å². The lowest BCUT2D eigenvalue weighted by Crippen LogP contribution is -2.63. The molecule has 4 aliphatic carbocycles.